The van der Waals surface area contributed by atoms with E-state index in [9.17, 15) is 9.59 Å². The topological polar surface area (TPSA) is 59.5 Å². The molecule has 1 heterocycles. The zero-order valence-electron chi connectivity index (χ0n) is 11.1. The Morgan fingerprint density at radius 1 is 1.50 bits per heavy atom. The molecule has 98 valence electrons. The van der Waals surface area contributed by atoms with E-state index < -0.39 is 0 Å². The predicted octanol–water partition coefficient (Wildman–Crippen LogP) is 1.27. The van der Waals surface area contributed by atoms with Crippen molar-refractivity contribution >= 4 is 11.9 Å². The number of aromatic nitrogens is 1. The van der Waals surface area contributed by atoms with Gasteiger partial charge in [-0.05, 0) is 19.1 Å². The summed E-state index contributed by atoms with van der Waals surface area (Å²) in [6.07, 6.45) is 1.64. The minimum absolute atomic E-state index is 0.142. The molecule has 0 bridgehead atoms. The van der Waals surface area contributed by atoms with E-state index >= 15 is 0 Å². The van der Waals surface area contributed by atoms with Crippen molar-refractivity contribution in [3.63, 3.8) is 0 Å². The Hall–Kier alpha value is -1.91. The van der Waals surface area contributed by atoms with Crippen molar-refractivity contribution in [2.75, 3.05) is 20.7 Å². The summed E-state index contributed by atoms with van der Waals surface area (Å²) >= 11 is 0. The summed E-state index contributed by atoms with van der Waals surface area (Å²) in [4.78, 5) is 29.0. The SMILES string of the molecule is COC(=O)C(C)CN(C)C(=O)c1cccnc1C. The lowest BCUT2D eigenvalue weighted by Gasteiger charge is -2.20. The van der Waals surface area contributed by atoms with Crippen LogP contribution < -0.4 is 0 Å². The van der Waals surface area contributed by atoms with Crippen LogP contribution in [0, 0.1) is 12.8 Å². The Morgan fingerprint density at radius 2 is 2.17 bits per heavy atom. The molecule has 0 N–H and O–H groups in total. The number of ether oxygens (including phenoxy) is 1. The highest BCUT2D eigenvalue weighted by atomic mass is 16.5. The molecule has 1 amide bonds. The van der Waals surface area contributed by atoms with Crippen LogP contribution in [0.1, 0.15) is 23.0 Å². The molecule has 0 radical (unpaired) electrons. The molecule has 0 fully saturated rings. The van der Waals surface area contributed by atoms with Crippen molar-refractivity contribution < 1.29 is 14.3 Å². The molecule has 0 saturated heterocycles. The molecular formula is C13H18N2O3. The van der Waals surface area contributed by atoms with E-state index in [1.807, 2.05) is 0 Å². The van der Waals surface area contributed by atoms with Crippen LogP contribution in [0.3, 0.4) is 0 Å². The van der Waals surface area contributed by atoms with Gasteiger partial charge in [-0.25, -0.2) is 0 Å². The summed E-state index contributed by atoms with van der Waals surface area (Å²) in [6, 6.07) is 3.45. The van der Waals surface area contributed by atoms with Gasteiger partial charge in [-0.2, -0.15) is 0 Å². The largest absolute Gasteiger partial charge is 0.469 e. The molecule has 1 aromatic heterocycles. The summed E-state index contributed by atoms with van der Waals surface area (Å²) in [6.45, 7) is 3.83. The molecule has 0 aromatic carbocycles. The van der Waals surface area contributed by atoms with Gasteiger partial charge in [-0.3, -0.25) is 14.6 Å². The van der Waals surface area contributed by atoms with Gasteiger partial charge in [0.05, 0.1) is 18.6 Å². The van der Waals surface area contributed by atoms with Crippen molar-refractivity contribution in [2.45, 2.75) is 13.8 Å². The summed E-state index contributed by atoms with van der Waals surface area (Å²) in [5.41, 5.74) is 1.23. The van der Waals surface area contributed by atoms with Crippen LogP contribution >= 0.6 is 0 Å². The number of nitrogens with zero attached hydrogens (tertiary/aromatic N) is 2. The van der Waals surface area contributed by atoms with Gasteiger partial charge in [0.25, 0.3) is 5.91 Å². The van der Waals surface area contributed by atoms with Gasteiger partial charge in [0.15, 0.2) is 0 Å². The fourth-order valence-corrected chi connectivity index (χ4v) is 1.69. The Kier molecular flexibility index (Phi) is 4.83. The highest BCUT2D eigenvalue weighted by Crippen LogP contribution is 2.09. The maximum atomic E-state index is 12.1. The second-order valence-electron chi connectivity index (χ2n) is 4.25. The molecule has 1 unspecified atom stereocenters. The minimum atomic E-state index is -0.346. The van der Waals surface area contributed by atoms with E-state index in [-0.39, 0.29) is 17.8 Å². The van der Waals surface area contributed by atoms with Gasteiger partial charge in [0.1, 0.15) is 0 Å². The van der Waals surface area contributed by atoms with Crippen molar-refractivity contribution in [1.29, 1.82) is 0 Å². The third kappa shape index (κ3) is 3.29. The average Bonchev–Trinajstić information content (AvgIpc) is 2.37. The zero-order valence-corrected chi connectivity index (χ0v) is 11.1. The highest BCUT2D eigenvalue weighted by molar-refractivity contribution is 5.95. The van der Waals surface area contributed by atoms with Gasteiger partial charge >= 0.3 is 5.97 Å². The maximum Gasteiger partial charge on any atom is 0.310 e. The van der Waals surface area contributed by atoms with E-state index in [1.165, 1.54) is 12.0 Å². The number of hydrogen-bond acceptors (Lipinski definition) is 4. The summed E-state index contributed by atoms with van der Waals surface area (Å²) in [5.74, 6) is -0.810. The fourth-order valence-electron chi connectivity index (χ4n) is 1.69. The number of esters is 1. The monoisotopic (exact) mass is 250 g/mol. The Bertz CT molecular complexity index is 446. The lowest BCUT2D eigenvalue weighted by Crippen LogP contribution is -2.34. The number of methoxy groups -OCH3 is 1. The highest BCUT2D eigenvalue weighted by Gasteiger charge is 2.20. The number of carbonyl (C=O) groups is 2. The Balaban J connectivity index is 2.74. The van der Waals surface area contributed by atoms with Gasteiger partial charge in [-0.1, -0.05) is 6.92 Å². The minimum Gasteiger partial charge on any atom is -0.469 e. The van der Waals surface area contributed by atoms with Crippen molar-refractivity contribution in [2.24, 2.45) is 5.92 Å². The number of hydrogen-bond donors (Lipinski definition) is 0. The molecule has 0 aliphatic carbocycles. The standard InChI is InChI=1S/C13H18N2O3/c1-9(13(17)18-4)8-15(3)12(16)11-6-5-7-14-10(11)2/h5-7,9H,8H2,1-4H3. The van der Waals surface area contributed by atoms with Crippen LogP contribution in [0.25, 0.3) is 0 Å². The quantitative estimate of drug-likeness (QED) is 0.755. The van der Waals surface area contributed by atoms with E-state index in [4.69, 9.17) is 0 Å². The molecule has 18 heavy (non-hydrogen) atoms. The number of pyridine rings is 1. The molecule has 1 rings (SSSR count). The van der Waals surface area contributed by atoms with E-state index in [2.05, 4.69) is 9.72 Å². The molecular weight excluding hydrogens is 232 g/mol. The summed E-state index contributed by atoms with van der Waals surface area (Å²) < 4.78 is 4.63. The lowest BCUT2D eigenvalue weighted by molar-refractivity contribution is -0.145. The van der Waals surface area contributed by atoms with Gasteiger partial charge < -0.3 is 9.64 Å². The normalized spacial score (nSPS) is 11.8. The molecule has 1 aromatic rings. The predicted molar refractivity (Wildman–Crippen MR) is 67.1 cm³/mol. The fraction of sp³-hybridized carbons (Fsp3) is 0.462. The van der Waals surface area contributed by atoms with Crippen LogP contribution in [0.5, 0.6) is 0 Å². The Morgan fingerprint density at radius 3 is 2.72 bits per heavy atom. The molecule has 0 aliphatic rings. The third-order valence-electron chi connectivity index (χ3n) is 2.74. The van der Waals surface area contributed by atoms with Crippen LogP contribution in [-0.2, 0) is 9.53 Å². The van der Waals surface area contributed by atoms with Crippen LogP contribution in [0.2, 0.25) is 0 Å². The van der Waals surface area contributed by atoms with Gasteiger partial charge in [0.2, 0.25) is 0 Å². The van der Waals surface area contributed by atoms with Crippen LogP contribution in [0.4, 0.5) is 0 Å². The second-order valence-corrected chi connectivity index (χ2v) is 4.25. The average molecular weight is 250 g/mol. The molecule has 0 saturated carbocycles. The molecule has 5 nitrogen and oxygen atoms in total. The summed E-state index contributed by atoms with van der Waals surface area (Å²) in [5, 5.41) is 0. The smallest absolute Gasteiger partial charge is 0.310 e. The first-order chi connectivity index (χ1) is 8.47. The van der Waals surface area contributed by atoms with Gasteiger partial charge in [-0.15, -0.1) is 0 Å². The number of amides is 1. The second kappa shape index (κ2) is 6.14. The van der Waals surface area contributed by atoms with Crippen molar-refractivity contribution in [1.82, 2.24) is 9.88 Å². The van der Waals surface area contributed by atoms with E-state index in [0.29, 0.717) is 17.8 Å². The first kappa shape index (κ1) is 14.2. The van der Waals surface area contributed by atoms with Crippen LogP contribution in [0.15, 0.2) is 18.3 Å². The van der Waals surface area contributed by atoms with Crippen LogP contribution in [-0.4, -0.2) is 42.5 Å². The first-order valence-electron chi connectivity index (χ1n) is 5.72. The number of aryl methyl sites for hydroxylation is 1. The number of carbonyl (C=O) groups excluding carboxylic acids is 2. The zero-order chi connectivity index (χ0) is 13.7. The van der Waals surface area contributed by atoms with Gasteiger partial charge in [0, 0.05) is 25.5 Å². The maximum absolute atomic E-state index is 12.1. The van der Waals surface area contributed by atoms with E-state index in [1.54, 1.807) is 39.2 Å². The number of rotatable bonds is 4. The first-order valence-corrected chi connectivity index (χ1v) is 5.72. The molecule has 5 heteroatoms. The molecule has 0 aliphatic heterocycles. The summed E-state index contributed by atoms with van der Waals surface area (Å²) in [7, 11) is 3.00. The third-order valence-corrected chi connectivity index (χ3v) is 2.74. The molecule has 1 atom stereocenters. The molecule has 0 spiro atoms. The lowest BCUT2D eigenvalue weighted by atomic mass is 10.1. The van der Waals surface area contributed by atoms with Crippen molar-refractivity contribution in [3.8, 4) is 0 Å². The Labute approximate surface area is 107 Å². The van der Waals surface area contributed by atoms with E-state index in [0.717, 1.165) is 0 Å². The van der Waals surface area contributed by atoms with Crippen molar-refractivity contribution in [3.05, 3.63) is 29.6 Å².